The van der Waals surface area contributed by atoms with Crippen molar-refractivity contribution < 1.29 is 14.7 Å². The highest BCUT2D eigenvalue weighted by Gasteiger charge is 2.08. The van der Waals surface area contributed by atoms with Gasteiger partial charge in [0.15, 0.2) is 0 Å². The number of carbonyl (C=O) groups excluding carboxylic acids is 2. The summed E-state index contributed by atoms with van der Waals surface area (Å²) in [7, 11) is 0. The van der Waals surface area contributed by atoms with Gasteiger partial charge >= 0.3 is 0 Å². The lowest BCUT2D eigenvalue weighted by molar-refractivity contribution is -0.121. The number of allylic oxidation sites excluding steroid dienone is 2. The summed E-state index contributed by atoms with van der Waals surface area (Å²) in [6, 6.07) is 0. The van der Waals surface area contributed by atoms with Gasteiger partial charge in [-0.05, 0) is 51.4 Å². The van der Waals surface area contributed by atoms with E-state index in [1.54, 1.807) is 0 Å². The van der Waals surface area contributed by atoms with Crippen LogP contribution in [0.1, 0.15) is 335 Å². The fraction of sp³-hybridized carbons (Fsp3) is 0.931. The zero-order chi connectivity index (χ0) is 44.9. The fourth-order valence-electron chi connectivity index (χ4n) is 9.13. The molecular weight excluding hydrogens is 759 g/mol. The smallest absolute Gasteiger partial charge is 0.220 e. The van der Waals surface area contributed by atoms with Crippen LogP contribution in [0.25, 0.3) is 0 Å². The minimum atomic E-state index is -0.400. The maximum absolute atomic E-state index is 12.3. The lowest BCUT2D eigenvalue weighted by Crippen LogP contribution is -2.31. The monoisotopic (exact) mass is 872 g/mol. The molecular formula is C58H113NO3. The second-order valence-electron chi connectivity index (χ2n) is 19.9. The molecule has 368 valence electrons. The Morgan fingerprint density at radius 2 is 0.613 bits per heavy atom. The number of unbranched alkanes of at least 4 members (excludes halogenated alkanes) is 42. The molecule has 0 radical (unpaired) electrons. The number of aliphatic hydroxyl groups excluding tert-OH is 1. The fourth-order valence-corrected chi connectivity index (χ4v) is 9.13. The molecule has 0 bridgehead atoms. The molecule has 0 unspecified atom stereocenters. The molecule has 0 aromatic rings. The number of rotatable bonds is 54. The van der Waals surface area contributed by atoms with Crippen LogP contribution in [0.4, 0.5) is 0 Å². The van der Waals surface area contributed by atoms with Crippen LogP contribution in [0.5, 0.6) is 0 Å². The van der Waals surface area contributed by atoms with Gasteiger partial charge in [-0.3, -0.25) is 9.59 Å². The summed E-state index contributed by atoms with van der Waals surface area (Å²) >= 11 is 0. The molecule has 1 amide bonds. The molecule has 0 fully saturated rings. The molecule has 0 heterocycles. The van der Waals surface area contributed by atoms with E-state index in [1.807, 2.05) is 0 Å². The molecule has 0 saturated heterocycles. The summed E-state index contributed by atoms with van der Waals surface area (Å²) < 4.78 is 0. The number of ketones is 1. The van der Waals surface area contributed by atoms with Gasteiger partial charge in [-0.15, -0.1) is 0 Å². The van der Waals surface area contributed by atoms with E-state index in [2.05, 4.69) is 31.3 Å². The van der Waals surface area contributed by atoms with Crippen LogP contribution in [0, 0.1) is 0 Å². The van der Waals surface area contributed by atoms with Crippen LogP contribution < -0.4 is 5.32 Å². The summed E-state index contributed by atoms with van der Waals surface area (Å²) in [6.07, 6.45) is 68.3. The summed E-state index contributed by atoms with van der Waals surface area (Å²) in [5.74, 6) is 0.604. The van der Waals surface area contributed by atoms with Crippen molar-refractivity contribution in [3.63, 3.8) is 0 Å². The van der Waals surface area contributed by atoms with Crippen LogP contribution in [0.3, 0.4) is 0 Å². The Balaban J connectivity index is 3.29. The van der Waals surface area contributed by atoms with Gasteiger partial charge in [0.1, 0.15) is 5.78 Å². The molecule has 4 heteroatoms. The molecule has 1 atom stereocenters. The van der Waals surface area contributed by atoms with Crippen molar-refractivity contribution in [2.45, 2.75) is 341 Å². The third-order valence-corrected chi connectivity index (χ3v) is 13.5. The molecule has 0 spiro atoms. The second-order valence-corrected chi connectivity index (χ2v) is 19.9. The number of nitrogens with one attached hydrogen (secondary N) is 1. The molecule has 0 rings (SSSR count). The zero-order valence-corrected chi connectivity index (χ0v) is 42.6. The second kappa shape index (κ2) is 54.2. The predicted molar refractivity (Wildman–Crippen MR) is 275 cm³/mol. The van der Waals surface area contributed by atoms with Crippen LogP contribution in [0.2, 0.25) is 0 Å². The normalized spacial score (nSPS) is 12.2. The Kier molecular flexibility index (Phi) is 53.2. The van der Waals surface area contributed by atoms with Gasteiger partial charge in [0.2, 0.25) is 5.91 Å². The minimum absolute atomic E-state index is 0.104. The van der Waals surface area contributed by atoms with Gasteiger partial charge < -0.3 is 10.4 Å². The van der Waals surface area contributed by atoms with Gasteiger partial charge in [-0.2, -0.15) is 0 Å². The van der Waals surface area contributed by atoms with Gasteiger partial charge in [-0.25, -0.2) is 0 Å². The quantitative estimate of drug-likeness (QED) is 0.0473. The minimum Gasteiger partial charge on any atom is -0.391 e. The molecule has 2 N–H and O–H groups in total. The lowest BCUT2D eigenvalue weighted by atomic mass is 10.0. The van der Waals surface area contributed by atoms with Crippen molar-refractivity contribution in [3.05, 3.63) is 12.2 Å². The first-order chi connectivity index (χ1) is 30.6. The number of hydrogen-bond acceptors (Lipinski definition) is 3. The molecule has 0 aliphatic rings. The highest BCUT2D eigenvalue weighted by molar-refractivity contribution is 5.78. The largest absolute Gasteiger partial charge is 0.391 e. The van der Waals surface area contributed by atoms with E-state index in [0.29, 0.717) is 18.7 Å². The first-order valence-electron chi connectivity index (χ1n) is 28.7. The molecule has 4 nitrogen and oxygen atoms in total. The molecule has 62 heavy (non-hydrogen) atoms. The predicted octanol–water partition coefficient (Wildman–Crippen LogP) is 19.1. The van der Waals surface area contributed by atoms with Crippen molar-refractivity contribution in [3.8, 4) is 0 Å². The molecule has 0 saturated carbocycles. The Bertz CT molecular complexity index is 901. The van der Waals surface area contributed by atoms with E-state index in [4.69, 9.17) is 0 Å². The van der Waals surface area contributed by atoms with Crippen LogP contribution in [0.15, 0.2) is 12.2 Å². The van der Waals surface area contributed by atoms with Crippen molar-refractivity contribution in [2.75, 3.05) is 6.54 Å². The first kappa shape index (κ1) is 60.8. The van der Waals surface area contributed by atoms with E-state index in [9.17, 15) is 14.7 Å². The highest BCUT2D eigenvalue weighted by Crippen LogP contribution is 2.17. The molecule has 0 aliphatic carbocycles. The Hall–Kier alpha value is -1.16. The van der Waals surface area contributed by atoms with Gasteiger partial charge in [0.25, 0.3) is 0 Å². The van der Waals surface area contributed by atoms with Crippen molar-refractivity contribution in [1.29, 1.82) is 0 Å². The van der Waals surface area contributed by atoms with Gasteiger partial charge in [0, 0.05) is 25.8 Å². The van der Waals surface area contributed by atoms with E-state index in [1.165, 1.54) is 263 Å². The number of carbonyl (C=O) groups is 2. The van der Waals surface area contributed by atoms with E-state index < -0.39 is 6.10 Å². The topological polar surface area (TPSA) is 66.4 Å². The Labute approximate surface area is 390 Å². The third-order valence-electron chi connectivity index (χ3n) is 13.5. The maximum Gasteiger partial charge on any atom is 0.220 e. The third kappa shape index (κ3) is 53.2. The van der Waals surface area contributed by atoms with Gasteiger partial charge in [0.05, 0.1) is 6.10 Å². The zero-order valence-electron chi connectivity index (χ0n) is 42.6. The van der Waals surface area contributed by atoms with E-state index in [-0.39, 0.29) is 5.91 Å². The number of hydrogen-bond donors (Lipinski definition) is 2. The highest BCUT2D eigenvalue weighted by atomic mass is 16.3. The SMILES string of the molecule is CCCCCCCCC=CCCCCCCCCCCCC(=O)CCCCCCCCCCCCCCCC(=O)NC[C@@H](O)CCCCCCCCCCCCCCCCCC. The number of aliphatic hydroxyl groups is 1. The standard InChI is InChI=1S/C58H113NO3/c1-3-5-7-9-11-13-15-17-19-21-22-23-25-27-31-35-39-43-47-51-56(60)52-48-44-40-36-32-29-26-30-34-38-42-46-50-54-58(62)59-55-57(61)53-49-45-41-37-33-28-24-20-18-16-14-12-10-8-6-4-2/h17,19,57,61H,3-16,18,20-55H2,1-2H3,(H,59,62)/t57-/m0/s1. The van der Waals surface area contributed by atoms with E-state index in [0.717, 1.165) is 51.4 Å². The Morgan fingerprint density at radius 1 is 0.355 bits per heavy atom. The molecule has 0 aromatic carbocycles. The van der Waals surface area contributed by atoms with Crippen molar-refractivity contribution in [1.82, 2.24) is 5.32 Å². The summed E-state index contributed by atoms with van der Waals surface area (Å²) in [5.41, 5.74) is 0. The summed E-state index contributed by atoms with van der Waals surface area (Å²) in [5, 5.41) is 13.3. The maximum atomic E-state index is 12.3. The lowest BCUT2D eigenvalue weighted by Gasteiger charge is -2.12. The van der Waals surface area contributed by atoms with Crippen LogP contribution in [-0.2, 0) is 9.59 Å². The Morgan fingerprint density at radius 3 is 0.935 bits per heavy atom. The molecule has 0 aliphatic heterocycles. The summed E-state index contributed by atoms with van der Waals surface area (Å²) in [4.78, 5) is 24.5. The van der Waals surface area contributed by atoms with E-state index >= 15 is 0 Å². The average molecular weight is 873 g/mol. The summed E-state index contributed by atoms with van der Waals surface area (Å²) in [6.45, 7) is 4.99. The average Bonchev–Trinajstić information content (AvgIpc) is 3.27. The number of Topliss-reactive ketones (excluding diaryl/α,β-unsaturated/α-hetero) is 1. The van der Waals surface area contributed by atoms with Crippen LogP contribution >= 0.6 is 0 Å². The number of amides is 1. The van der Waals surface area contributed by atoms with Gasteiger partial charge in [-0.1, -0.05) is 276 Å². The van der Waals surface area contributed by atoms with Crippen molar-refractivity contribution >= 4 is 11.7 Å². The van der Waals surface area contributed by atoms with Crippen molar-refractivity contribution in [2.24, 2.45) is 0 Å². The van der Waals surface area contributed by atoms with Crippen LogP contribution in [-0.4, -0.2) is 29.4 Å². The molecule has 0 aromatic heterocycles. The first-order valence-corrected chi connectivity index (χ1v) is 28.7.